The minimum Gasteiger partial charge on any atom is -0.493 e. The van der Waals surface area contributed by atoms with E-state index in [-0.39, 0.29) is 10.6 Å². The highest BCUT2D eigenvalue weighted by Crippen LogP contribution is 2.38. The van der Waals surface area contributed by atoms with Gasteiger partial charge in [0.1, 0.15) is 0 Å². The number of methoxy groups -OCH3 is 3. The number of hydrazone groups is 1. The average Bonchev–Trinajstić information content (AvgIpc) is 3.09. The van der Waals surface area contributed by atoms with Crippen molar-refractivity contribution in [1.82, 2.24) is 5.43 Å². The lowest BCUT2D eigenvalue weighted by Crippen LogP contribution is -2.17. The summed E-state index contributed by atoms with van der Waals surface area (Å²) in [6.07, 6.45) is 1.33. The van der Waals surface area contributed by atoms with Crippen LogP contribution in [0.25, 0.3) is 0 Å². The number of carbonyl (C=O) groups excluding carboxylic acids is 1. The summed E-state index contributed by atoms with van der Waals surface area (Å²) >= 11 is 0.949. The molecule has 1 amide bonds. The summed E-state index contributed by atoms with van der Waals surface area (Å²) in [4.78, 5) is 22.9. The summed E-state index contributed by atoms with van der Waals surface area (Å²) in [5.41, 5.74) is 2.59. The second kappa shape index (κ2) is 8.11. The molecule has 1 aromatic heterocycles. The van der Waals surface area contributed by atoms with Crippen molar-refractivity contribution >= 4 is 28.5 Å². The summed E-state index contributed by atoms with van der Waals surface area (Å²) in [6.45, 7) is 0. The van der Waals surface area contributed by atoms with E-state index in [0.717, 1.165) is 11.3 Å². The third-order valence-corrected chi connectivity index (χ3v) is 4.05. The van der Waals surface area contributed by atoms with Crippen LogP contribution in [0.15, 0.2) is 29.4 Å². The van der Waals surface area contributed by atoms with E-state index in [1.54, 1.807) is 0 Å². The number of carbonyl (C=O) groups is 1. The van der Waals surface area contributed by atoms with E-state index in [1.807, 2.05) is 0 Å². The van der Waals surface area contributed by atoms with Crippen molar-refractivity contribution in [2.24, 2.45) is 5.10 Å². The number of benzene rings is 1. The number of ether oxygens (including phenoxy) is 3. The molecule has 1 heterocycles. The van der Waals surface area contributed by atoms with E-state index in [1.165, 1.54) is 51.8 Å². The van der Waals surface area contributed by atoms with Gasteiger partial charge in [-0.05, 0) is 18.2 Å². The second-order valence-corrected chi connectivity index (χ2v) is 5.64. The van der Waals surface area contributed by atoms with Crippen LogP contribution >= 0.6 is 11.3 Å². The van der Waals surface area contributed by atoms with Crippen molar-refractivity contribution in [1.29, 1.82) is 0 Å². The first-order chi connectivity index (χ1) is 12.0. The molecule has 0 atom stereocenters. The van der Waals surface area contributed by atoms with Gasteiger partial charge in [-0.2, -0.15) is 5.10 Å². The lowest BCUT2D eigenvalue weighted by Gasteiger charge is -2.13. The number of nitrogens with zero attached hydrogens (tertiary/aromatic N) is 2. The fourth-order valence-electron chi connectivity index (χ4n) is 1.94. The lowest BCUT2D eigenvalue weighted by atomic mass is 10.1. The molecule has 0 fully saturated rings. The zero-order chi connectivity index (χ0) is 18.4. The Kier molecular flexibility index (Phi) is 5.90. The maximum atomic E-state index is 12.2. The molecule has 25 heavy (non-hydrogen) atoms. The lowest BCUT2D eigenvalue weighted by molar-refractivity contribution is -0.380. The van der Waals surface area contributed by atoms with Gasteiger partial charge in [-0.3, -0.25) is 14.9 Å². The molecule has 2 aromatic rings. The van der Waals surface area contributed by atoms with E-state index < -0.39 is 10.8 Å². The maximum absolute atomic E-state index is 12.2. The monoisotopic (exact) mass is 365 g/mol. The number of nitro groups is 1. The summed E-state index contributed by atoms with van der Waals surface area (Å²) in [7, 11) is 4.35. The quantitative estimate of drug-likeness (QED) is 0.458. The standard InChI is InChI=1S/C15H15N3O6S/c1-22-11-6-9(7-12(23-2)14(11)24-3)15(19)17-16-8-10-4-5-13(25-10)18(20)21/h4-8H,1-3H3,(H,17,19). The molecule has 2 rings (SSSR count). The minimum absolute atomic E-state index is 0.00240. The van der Waals surface area contributed by atoms with Gasteiger partial charge in [0.05, 0.1) is 37.3 Å². The third-order valence-electron chi connectivity index (χ3n) is 3.08. The highest BCUT2D eigenvalue weighted by atomic mass is 32.1. The normalized spacial score (nSPS) is 10.5. The average molecular weight is 365 g/mol. The zero-order valence-electron chi connectivity index (χ0n) is 13.6. The number of nitrogens with one attached hydrogen (secondary N) is 1. The van der Waals surface area contributed by atoms with Gasteiger partial charge >= 0.3 is 5.00 Å². The molecule has 0 spiro atoms. The number of amides is 1. The van der Waals surface area contributed by atoms with Gasteiger partial charge in [-0.25, -0.2) is 5.43 Å². The van der Waals surface area contributed by atoms with Crippen LogP contribution in [0.2, 0.25) is 0 Å². The van der Waals surface area contributed by atoms with Crippen LogP contribution in [0.1, 0.15) is 15.2 Å². The topological polar surface area (TPSA) is 112 Å². The Hall–Kier alpha value is -3.14. The van der Waals surface area contributed by atoms with Crippen molar-refractivity contribution in [3.63, 3.8) is 0 Å². The Morgan fingerprint density at radius 1 is 1.20 bits per heavy atom. The molecule has 0 aliphatic rings. The van der Waals surface area contributed by atoms with Crippen molar-refractivity contribution in [2.45, 2.75) is 0 Å². The number of thiophene rings is 1. The summed E-state index contributed by atoms with van der Waals surface area (Å²) in [5.74, 6) is 0.548. The first-order valence-corrected chi connectivity index (χ1v) is 7.69. The van der Waals surface area contributed by atoms with E-state index in [9.17, 15) is 14.9 Å². The van der Waals surface area contributed by atoms with Crippen LogP contribution in [0.4, 0.5) is 5.00 Å². The van der Waals surface area contributed by atoms with Gasteiger partial charge in [-0.15, -0.1) is 0 Å². The SMILES string of the molecule is COc1cc(C(=O)NN=Cc2ccc([N+](=O)[O-])s2)cc(OC)c1OC. The third kappa shape index (κ3) is 4.23. The summed E-state index contributed by atoms with van der Waals surface area (Å²) in [5, 5.41) is 14.4. The highest BCUT2D eigenvalue weighted by molar-refractivity contribution is 7.16. The summed E-state index contributed by atoms with van der Waals surface area (Å²) < 4.78 is 15.6. The fraction of sp³-hybridized carbons (Fsp3) is 0.200. The largest absolute Gasteiger partial charge is 0.493 e. The van der Waals surface area contributed by atoms with Crippen LogP contribution in [0.5, 0.6) is 17.2 Å². The molecule has 1 aromatic carbocycles. The minimum atomic E-state index is -0.499. The Balaban J connectivity index is 2.14. The number of rotatable bonds is 7. The van der Waals surface area contributed by atoms with Crippen LogP contribution in [0, 0.1) is 10.1 Å². The molecule has 9 nitrogen and oxygen atoms in total. The second-order valence-electron chi connectivity index (χ2n) is 4.55. The Morgan fingerprint density at radius 2 is 1.84 bits per heavy atom. The fourth-order valence-corrected chi connectivity index (χ4v) is 2.63. The first kappa shape index (κ1) is 18.2. The van der Waals surface area contributed by atoms with Gasteiger partial charge in [0.2, 0.25) is 5.75 Å². The van der Waals surface area contributed by atoms with E-state index >= 15 is 0 Å². The number of hydrogen-bond donors (Lipinski definition) is 1. The molecule has 0 radical (unpaired) electrons. The van der Waals surface area contributed by atoms with Gasteiger partial charge in [-0.1, -0.05) is 11.3 Å². The molecular weight excluding hydrogens is 350 g/mol. The predicted octanol–water partition coefficient (Wildman–Crippen LogP) is 2.45. The highest BCUT2D eigenvalue weighted by Gasteiger charge is 2.16. The number of hydrogen-bond acceptors (Lipinski definition) is 8. The first-order valence-electron chi connectivity index (χ1n) is 6.87. The van der Waals surface area contributed by atoms with Gasteiger partial charge in [0.25, 0.3) is 5.91 Å². The van der Waals surface area contributed by atoms with Crippen molar-refractivity contribution in [2.75, 3.05) is 21.3 Å². The van der Waals surface area contributed by atoms with E-state index in [2.05, 4.69) is 10.5 Å². The molecule has 0 unspecified atom stereocenters. The van der Waals surface area contributed by atoms with Crippen LogP contribution in [-0.4, -0.2) is 38.4 Å². The van der Waals surface area contributed by atoms with Crippen molar-refractivity contribution in [3.05, 3.63) is 44.8 Å². The molecule has 0 bridgehead atoms. The van der Waals surface area contributed by atoms with E-state index in [4.69, 9.17) is 14.2 Å². The van der Waals surface area contributed by atoms with Gasteiger partial charge < -0.3 is 14.2 Å². The van der Waals surface area contributed by atoms with Crippen LogP contribution in [0.3, 0.4) is 0 Å². The van der Waals surface area contributed by atoms with E-state index in [0.29, 0.717) is 22.1 Å². The van der Waals surface area contributed by atoms with Crippen molar-refractivity contribution in [3.8, 4) is 17.2 Å². The predicted molar refractivity (Wildman–Crippen MR) is 92.1 cm³/mol. The smallest absolute Gasteiger partial charge is 0.324 e. The molecule has 0 saturated heterocycles. The summed E-state index contributed by atoms with van der Waals surface area (Å²) in [6, 6.07) is 5.88. The van der Waals surface area contributed by atoms with Gasteiger partial charge in [0, 0.05) is 11.6 Å². The van der Waals surface area contributed by atoms with Crippen LogP contribution in [-0.2, 0) is 0 Å². The molecule has 132 valence electrons. The molecule has 0 aliphatic heterocycles. The van der Waals surface area contributed by atoms with Crippen LogP contribution < -0.4 is 19.6 Å². The molecule has 0 saturated carbocycles. The maximum Gasteiger partial charge on any atom is 0.324 e. The van der Waals surface area contributed by atoms with Gasteiger partial charge in [0.15, 0.2) is 11.5 Å². The molecule has 10 heteroatoms. The molecule has 1 N–H and O–H groups in total. The Labute approximate surface area is 147 Å². The zero-order valence-corrected chi connectivity index (χ0v) is 14.5. The molecular formula is C15H15N3O6S. The Bertz CT molecular complexity index is 792. The molecule has 0 aliphatic carbocycles. The Morgan fingerprint density at radius 3 is 2.32 bits per heavy atom. The van der Waals surface area contributed by atoms with Crippen molar-refractivity contribution < 1.29 is 23.9 Å².